The highest BCUT2D eigenvalue weighted by Gasteiger charge is 2.45. The third-order valence-electron chi connectivity index (χ3n) is 4.27. The summed E-state index contributed by atoms with van der Waals surface area (Å²) < 4.78 is 21.9. The Labute approximate surface area is 140 Å². The second-order valence-electron chi connectivity index (χ2n) is 5.91. The Balaban J connectivity index is 1.76. The Hall–Kier alpha value is -2.12. The summed E-state index contributed by atoms with van der Waals surface area (Å²) in [7, 11) is 1.64. The second kappa shape index (κ2) is 7.19. The van der Waals surface area contributed by atoms with Crippen molar-refractivity contribution in [1.82, 2.24) is 4.90 Å². The molecule has 130 valence electrons. The van der Waals surface area contributed by atoms with Gasteiger partial charge in [0, 0.05) is 13.5 Å². The molecule has 2 aliphatic heterocycles. The minimum atomic E-state index is -0.591. The molecule has 0 spiro atoms. The summed E-state index contributed by atoms with van der Waals surface area (Å²) >= 11 is 0. The summed E-state index contributed by atoms with van der Waals surface area (Å²) in [4.78, 5) is 25.7. The molecule has 24 heavy (non-hydrogen) atoms. The zero-order valence-electron chi connectivity index (χ0n) is 13.7. The van der Waals surface area contributed by atoms with E-state index in [0.29, 0.717) is 25.2 Å². The SMILES string of the molecule is C[C@@H]1OC(=O)N(C)[C@H]1[C@H](CC1OCCO1)OC(=O)c1ccccc1. The molecule has 7 nitrogen and oxygen atoms in total. The van der Waals surface area contributed by atoms with Crippen LogP contribution in [0.15, 0.2) is 30.3 Å². The van der Waals surface area contributed by atoms with E-state index in [1.165, 1.54) is 4.90 Å². The lowest BCUT2D eigenvalue weighted by Crippen LogP contribution is -2.46. The van der Waals surface area contributed by atoms with Gasteiger partial charge in [-0.3, -0.25) is 0 Å². The number of rotatable bonds is 5. The van der Waals surface area contributed by atoms with Gasteiger partial charge in [-0.2, -0.15) is 0 Å². The molecule has 2 aliphatic rings. The molecule has 2 fully saturated rings. The van der Waals surface area contributed by atoms with Crippen LogP contribution >= 0.6 is 0 Å². The highest BCUT2D eigenvalue weighted by Crippen LogP contribution is 2.27. The van der Waals surface area contributed by atoms with Crippen molar-refractivity contribution in [3.05, 3.63) is 35.9 Å². The van der Waals surface area contributed by atoms with E-state index in [-0.39, 0.29) is 0 Å². The smallest absolute Gasteiger partial charge is 0.410 e. The van der Waals surface area contributed by atoms with Crippen molar-refractivity contribution < 1.29 is 28.5 Å². The molecule has 3 rings (SSSR count). The molecule has 2 heterocycles. The van der Waals surface area contributed by atoms with Crippen molar-refractivity contribution in [1.29, 1.82) is 0 Å². The number of amides is 1. The molecule has 7 heteroatoms. The van der Waals surface area contributed by atoms with Crippen molar-refractivity contribution in [2.45, 2.75) is 37.9 Å². The number of carbonyl (C=O) groups is 2. The van der Waals surface area contributed by atoms with Crippen LogP contribution in [0.3, 0.4) is 0 Å². The Bertz CT molecular complexity index is 586. The van der Waals surface area contributed by atoms with E-state index in [9.17, 15) is 9.59 Å². The van der Waals surface area contributed by atoms with Gasteiger partial charge in [-0.15, -0.1) is 0 Å². The molecule has 0 N–H and O–H groups in total. The van der Waals surface area contributed by atoms with Crippen LogP contribution in [0.25, 0.3) is 0 Å². The number of esters is 1. The van der Waals surface area contributed by atoms with Crippen LogP contribution in [0, 0.1) is 0 Å². The first-order valence-corrected chi connectivity index (χ1v) is 7.99. The highest BCUT2D eigenvalue weighted by molar-refractivity contribution is 5.89. The Kier molecular flexibility index (Phi) is 5.01. The maximum Gasteiger partial charge on any atom is 0.410 e. The summed E-state index contributed by atoms with van der Waals surface area (Å²) in [6, 6.07) is 8.35. The number of likely N-dealkylation sites (N-methyl/N-ethyl adjacent to an activating group) is 1. The molecule has 0 unspecified atom stereocenters. The van der Waals surface area contributed by atoms with E-state index in [4.69, 9.17) is 18.9 Å². The summed E-state index contributed by atoms with van der Waals surface area (Å²) in [5.41, 5.74) is 0.455. The van der Waals surface area contributed by atoms with E-state index < -0.39 is 36.6 Å². The average Bonchev–Trinajstić information content (AvgIpc) is 3.16. The molecule has 0 aliphatic carbocycles. The maximum absolute atomic E-state index is 12.4. The molecule has 0 aromatic heterocycles. The molecular formula is C17H21NO6. The predicted octanol–water partition coefficient (Wildman–Crippen LogP) is 1.81. The van der Waals surface area contributed by atoms with Crippen LogP contribution in [0.4, 0.5) is 4.79 Å². The number of hydrogen-bond acceptors (Lipinski definition) is 6. The Morgan fingerprint density at radius 3 is 2.54 bits per heavy atom. The number of hydrogen-bond donors (Lipinski definition) is 0. The van der Waals surface area contributed by atoms with E-state index in [1.807, 2.05) is 6.07 Å². The summed E-state index contributed by atoms with van der Waals surface area (Å²) in [6.45, 7) is 2.80. The predicted molar refractivity (Wildman–Crippen MR) is 83.4 cm³/mol. The fourth-order valence-electron chi connectivity index (χ4n) is 3.07. The van der Waals surface area contributed by atoms with Gasteiger partial charge in [0.05, 0.1) is 18.8 Å². The van der Waals surface area contributed by atoms with Crippen LogP contribution in [0.5, 0.6) is 0 Å². The number of benzene rings is 1. The Morgan fingerprint density at radius 2 is 1.96 bits per heavy atom. The quantitative estimate of drug-likeness (QED) is 0.764. The lowest BCUT2D eigenvalue weighted by molar-refractivity contribution is -0.0863. The van der Waals surface area contributed by atoms with E-state index in [1.54, 1.807) is 38.2 Å². The summed E-state index contributed by atoms with van der Waals surface area (Å²) in [5, 5.41) is 0. The third-order valence-corrected chi connectivity index (χ3v) is 4.27. The summed E-state index contributed by atoms with van der Waals surface area (Å²) in [6.07, 6.45) is -1.52. The Morgan fingerprint density at radius 1 is 1.29 bits per heavy atom. The molecule has 3 atom stereocenters. The van der Waals surface area contributed by atoms with Crippen LogP contribution < -0.4 is 0 Å². The number of carbonyl (C=O) groups excluding carboxylic acids is 2. The highest BCUT2D eigenvalue weighted by atomic mass is 16.7. The van der Waals surface area contributed by atoms with Gasteiger partial charge in [0.2, 0.25) is 0 Å². The second-order valence-corrected chi connectivity index (χ2v) is 5.91. The minimum Gasteiger partial charge on any atom is -0.456 e. The fraction of sp³-hybridized carbons (Fsp3) is 0.529. The molecule has 2 saturated heterocycles. The normalized spacial score (nSPS) is 25.6. The topological polar surface area (TPSA) is 74.3 Å². The van der Waals surface area contributed by atoms with Crippen LogP contribution in [0.2, 0.25) is 0 Å². The average molecular weight is 335 g/mol. The van der Waals surface area contributed by atoms with Crippen molar-refractivity contribution >= 4 is 12.1 Å². The van der Waals surface area contributed by atoms with Gasteiger partial charge in [0.15, 0.2) is 6.29 Å². The molecule has 0 bridgehead atoms. The first-order valence-electron chi connectivity index (χ1n) is 7.99. The van der Waals surface area contributed by atoms with Gasteiger partial charge in [-0.25, -0.2) is 9.59 Å². The van der Waals surface area contributed by atoms with Gasteiger partial charge < -0.3 is 23.8 Å². The molecule has 1 aromatic carbocycles. The first kappa shape index (κ1) is 16.7. The molecular weight excluding hydrogens is 314 g/mol. The monoisotopic (exact) mass is 335 g/mol. The van der Waals surface area contributed by atoms with Crippen LogP contribution in [0.1, 0.15) is 23.7 Å². The van der Waals surface area contributed by atoms with E-state index in [2.05, 4.69) is 0 Å². The molecule has 0 radical (unpaired) electrons. The molecule has 1 aromatic rings. The third kappa shape index (κ3) is 3.52. The number of cyclic esters (lactones) is 1. The molecule has 1 amide bonds. The zero-order valence-corrected chi connectivity index (χ0v) is 13.7. The summed E-state index contributed by atoms with van der Waals surface area (Å²) in [5.74, 6) is -0.446. The maximum atomic E-state index is 12.4. The van der Waals surface area contributed by atoms with E-state index in [0.717, 1.165) is 0 Å². The first-order chi connectivity index (χ1) is 11.6. The fourth-order valence-corrected chi connectivity index (χ4v) is 3.07. The van der Waals surface area contributed by atoms with Crippen molar-refractivity contribution in [2.75, 3.05) is 20.3 Å². The van der Waals surface area contributed by atoms with Crippen molar-refractivity contribution in [3.8, 4) is 0 Å². The van der Waals surface area contributed by atoms with Gasteiger partial charge in [0.1, 0.15) is 18.2 Å². The lowest BCUT2D eigenvalue weighted by atomic mass is 10.0. The molecule has 0 saturated carbocycles. The number of ether oxygens (including phenoxy) is 4. The minimum absolute atomic E-state index is 0.342. The van der Waals surface area contributed by atoms with Gasteiger partial charge >= 0.3 is 12.1 Å². The zero-order chi connectivity index (χ0) is 17.1. The number of nitrogens with zero attached hydrogens (tertiary/aromatic N) is 1. The van der Waals surface area contributed by atoms with Gasteiger partial charge in [0.25, 0.3) is 0 Å². The largest absolute Gasteiger partial charge is 0.456 e. The van der Waals surface area contributed by atoms with E-state index >= 15 is 0 Å². The lowest BCUT2D eigenvalue weighted by Gasteiger charge is -2.30. The van der Waals surface area contributed by atoms with Gasteiger partial charge in [-0.05, 0) is 19.1 Å². The van der Waals surface area contributed by atoms with Gasteiger partial charge in [-0.1, -0.05) is 18.2 Å². The van der Waals surface area contributed by atoms with Crippen LogP contribution in [-0.2, 0) is 18.9 Å². The van der Waals surface area contributed by atoms with Crippen molar-refractivity contribution in [2.24, 2.45) is 0 Å². The van der Waals surface area contributed by atoms with Crippen LogP contribution in [-0.4, -0.2) is 61.8 Å². The standard InChI is InChI=1S/C17H21NO6/c1-11-15(18(2)17(20)23-11)13(10-14-21-8-9-22-14)24-16(19)12-6-4-3-5-7-12/h3-7,11,13-15H,8-10H2,1-2H3/t11-,13-,15+/m0/s1. The van der Waals surface area contributed by atoms with Crippen molar-refractivity contribution in [3.63, 3.8) is 0 Å².